The first kappa shape index (κ1) is 50.6. The van der Waals surface area contributed by atoms with Gasteiger partial charge in [0.1, 0.15) is 34.0 Å². The van der Waals surface area contributed by atoms with Crippen LogP contribution in [0.15, 0.2) is 4.99 Å². The van der Waals surface area contributed by atoms with Gasteiger partial charge in [-0.3, -0.25) is 38.7 Å². The van der Waals surface area contributed by atoms with Crippen molar-refractivity contribution in [3.8, 4) is 0 Å². The van der Waals surface area contributed by atoms with Crippen LogP contribution in [0, 0.1) is 0 Å². The van der Waals surface area contributed by atoms with Crippen molar-refractivity contribution in [3.05, 3.63) is 0 Å². The van der Waals surface area contributed by atoms with Crippen molar-refractivity contribution >= 4 is 35.9 Å². The average Bonchev–Trinajstić information content (AvgIpc) is 2.90. The monoisotopic (exact) mass is 771 g/mol. The zero-order valence-corrected chi connectivity index (χ0v) is 35.8. The number of esters is 5. The van der Waals surface area contributed by atoms with E-state index in [0.29, 0.717) is 19.3 Å². The molecule has 0 aliphatic rings. The fourth-order valence-corrected chi connectivity index (χ4v) is 5.01. The van der Waals surface area contributed by atoms with Crippen LogP contribution in [0.5, 0.6) is 0 Å². The van der Waals surface area contributed by atoms with Crippen LogP contribution in [0.4, 0.5) is 0 Å². The van der Waals surface area contributed by atoms with Crippen LogP contribution in [-0.4, -0.2) is 144 Å². The lowest BCUT2D eigenvalue weighted by atomic mass is 10.1. The molecule has 54 heavy (non-hydrogen) atoms. The lowest BCUT2D eigenvalue weighted by Gasteiger charge is -2.35. The summed E-state index contributed by atoms with van der Waals surface area (Å²) in [6, 6.07) is -0.820. The van der Waals surface area contributed by atoms with Crippen LogP contribution >= 0.6 is 0 Å². The summed E-state index contributed by atoms with van der Waals surface area (Å²) < 4.78 is 28.1. The van der Waals surface area contributed by atoms with E-state index in [1.165, 1.54) is 6.08 Å². The van der Waals surface area contributed by atoms with E-state index in [0.717, 1.165) is 0 Å². The van der Waals surface area contributed by atoms with Crippen molar-refractivity contribution < 1.29 is 52.5 Å². The summed E-state index contributed by atoms with van der Waals surface area (Å²) in [6.45, 7) is 26.2. The molecule has 0 bridgehead atoms. The molecule has 0 N–H and O–H groups in total. The molecular formula is C39H70N4O11. The van der Waals surface area contributed by atoms with Gasteiger partial charge in [0.05, 0.1) is 32.7 Å². The number of hydrogen-bond acceptors (Lipinski definition) is 15. The molecule has 1 atom stereocenters. The Balaban J connectivity index is 6.81. The van der Waals surface area contributed by atoms with Crippen LogP contribution in [0.1, 0.15) is 123 Å². The summed E-state index contributed by atoms with van der Waals surface area (Å²) >= 11 is 0. The molecule has 0 fully saturated rings. The SMILES string of the molecule is CC(C)(C)OC(=O)CN(CCN(CCN(CC(=O)OC(C)(C)C)CC(=O)OC(C)(C)C)[C@@H](CCCCN=C=O)C(=O)OC(C)(C)C)CC(=O)OC(C)(C)C. The van der Waals surface area contributed by atoms with Crippen molar-refractivity contribution in [2.45, 2.75) is 157 Å². The molecule has 0 saturated heterocycles. The minimum absolute atomic E-state index is 0.130. The smallest absolute Gasteiger partial charge is 0.323 e. The minimum atomic E-state index is -0.820. The molecule has 0 aromatic rings. The number of nitrogens with zero attached hydrogens (tertiary/aromatic N) is 4. The predicted molar refractivity (Wildman–Crippen MR) is 204 cm³/mol. The molecule has 0 aromatic carbocycles. The van der Waals surface area contributed by atoms with Gasteiger partial charge in [0.2, 0.25) is 6.08 Å². The standard InChI is InChI=1S/C39H70N4O11/c1-35(2,3)50-30(45)24-41(25-31(46)51-36(4,5)6)20-22-43(29(18-16-17-19-40-28-44)34(49)54-39(13,14)15)23-21-42(26-32(47)52-37(7,8)9)27-33(48)53-38(10,11)12/h29H,16-27H2,1-15H3/t29-/m0/s1. The van der Waals surface area contributed by atoms with Gasteiger partial charge < -0.3 is 23.7 Å². The number of carbonyl (C=O) groups is 5. The maximum atomic E-state index is 13.9. The quantitative estimate of drug-likeness (QED) is 0.0526. The van der Waals surface area contributed by atoms with Gasteiger partial charge >= 0.3 is 29.8 Å². The zero-order valence-electron chi connectivity index (χ0n) is 35.8. The van der Waals surface area contributed by atoms with Crippen LogP contribution in [-0.2, 0) is 52.5 Å². The van der Waals surface area contributed by atoms with Crippen LogP contribution in [0.2, 0.25) is 0 Å². The highest BCUT2D eigenvalue weighted by Gasteiger charge is 2.33. The summed E-state index contributed by atoms with van der Waals surface area (Å²) in [5.74, 6) is -2.68. The highest BCUT2D eigenvalue weighted by atomic mass is 16.6. The van der Waals surface area contributed by atoms with Gasteiger partial charge in [0, 0.05) is 26.2 Å². The molecule has 15 heteroatoms. The molecule has 0 amide bonds. The first-order chi connectivity index (χ1) is 24.4. The van der Waals surface area contributed by atoms with E-state index >= 15 is 0 Å². The Morgan fingerprint density at radius 2 is 0.815 bits per heavy atom. The highest BCUT2D eigenvalue weighted by molar-refractivity contribution is 5.77. The molecule has 0 aromatic heterocycles. The lowest BCUT2D eigenvalue weighted by molar-refractivity contribution is -0.164. The largest absolute Gasteiger partial charge is 0.459 e. The number of unbranched alkanes of at least 4 members (excludes halogenated alkanes) is 1. The summed E-state index contributed by atoms with van der Waals surface area (Å²) in [5.41, 5.74) is -3.86. The molecule has 0 rings (SSSR count). The molecular weight excluding hydrogens is 700 g/mol. The van der Waals surface area contributed by atoms with Crippen LogP contribution in [0.3, 0.4) is 0 Å². The maximum Gasteiger partial charge on any atom is 0.323 e. The van der Waals surface area contributed by atoms with E-state index in [4.69, 9.17) is 23.7 Å². The van der Waals surface area contributed by atoms with Crippen molar-refractivity contribution in [2.24, 2.45) is 4.99 Å². The van der Waals surface area contributed by atoms with Gasteiger partial charge in [-0.15, -0.1) is 0 Å². The van der Waals surface area contributed by atoms with Gasteiger partial charge in [-0.1, -0.05) is 0 Å². The zero-order chi connectivity index (χ0) is 42.1. The van der Waals surface area contributed by atoms with Crippen molar-refractivity contribution in [1.82, 2.24) is 14.7 Å². The van der Waals surface area contributed by atoms with Crippen molar-refractivity contribution in [3.63, 3.8) is 0 Å². The third-order valence-electron chi connectivity index (χ3n) is 6.68. The molecule has 0 spiro atoms. The summed E-state index contributed by atoms with van der Waals surface area (Å²) in [6.07, 6.45) is 2.86. The first-order valence-corrected chi connectivity index (χ1v) is 18.7. The lowest BCUT2D eigenvalue weighted by Crippen LogP contribution is -2.51. The second-order valence-corrected chi connectivity index (χ2v) is 18.3. The summed E-state index contributed by atoms with van der Waals surface area (Å²) in [4.78, 5) is 85.2. The van der Waals surface area contributed by atoms with Gasteiger partial charge in [-0.05, 0) is 123 Å². The second-order valence-electron chi connectivity index (χ2n) is 18.3. The Labute approximate surface area is 323 Å². The molecule has 0 unspecified atom stereocenters. The molecule has 0 saturated carbocycles. The summed E-state index contributed by atoms with van der Waals surface area (Å²) in [7, 11) is 0. The van der Waals surface area contributed by atoms with Crippen LogP contribution in [0.25, 0.3) is 0 Å². The average molecular weight is 771 g/mol. The normalized spacial score (nSPS) is 13.3. The van der Waals surface area contributed by atoms with E-state index < -0.39 is 63.9 Å². The van der Waals surface area contributed by atoms with E-state index in [-0.39, 0.29) is 58.9 Å². The van der Waals surface area contributed by atoms with Crippen molar-refractivity contribution in [2.75, 3.05) is 58.9 Å². The fourth-order valence-electron chi connectivity index (χ4n) is 5.01. The Hall–Kier alpha value is -3.39. The number of ether oxygens (including phenoxy) is 5. The van der Waals surface area contributed by atoms with Crippen LogP contribution < -0.4 is 0 Å². The molecule has 0 aliphatic heterocycles. The summed E-state index contributed by atoms with van der Waals surface area (Å²) in [5, 5.41) is 0. The van der Waals surface area contributed by atoms with E-state index in [1.54, 1.807) is 114 Å². The van der Waals surface area contributed by atoms with Crippen molar-refractivity contribution in [1.29, 1.82) is 0 Å². The third-order valence-corrected chi connectivity index (χ3v) is 6.68. The Bertz CT molecular complexity index is 1130. The van der Waals surface area contributed by atoms with E-state index in [9.17, 15) is 28.8 Å². The van der Waals surface area contributed by atoms with Gasteiger partial charge in [-0.2, -0.15) is 0 Å². The second kappa shape index (κ2) is 22.2. The first-order valence-electron chi connectivity index (χ1n) is 18.7. The molecule has 0 aliphatic carbocycles. The fraction of sp³-hybridized carbons (Fsp3) is 0.846. The Morgan fingerprint density at radius 1 is 0.500 bits per heavy atom. The molecule has 0 heterocycles. The predicted octanol–water partition coefficient (Wildman–Crippen LogP) is 4.48. The molecule has 0 radical (unpaired) electrons. The number of isocyanates is 1. The van der Waals surface area contributed by atoms with Gasteiger partial charge in [0.15, 0.2) is 0 Å². The third kappa shape index (κ3) is 28.1. The Kier molecular flexibility index (Phi) is 20.8. The van der Waals surface area contributed by atoms with E-state index in [2.05, 4.69) is 4.99 Å². The highest BCUT2D eigenvalue weighted by Crippen LogP contribution is 2.18. The maximum absolute atomic E-state index is 13.9. The molecule has 312 valence electrons. The number of hydrogen-bond donors (Lipinski definition) is 0. The topological polar surface area (TPSA) is 171 Å². The van der Waals surface area contributed by atoms with E-state index in [1.807, 2.05) is 4.90 Å². The van der Waals surface area contributed by atoms with Gasteiger partial charge in [-0.25, -0.2) is 9.79 Å². The molecule has 15 nitrogen and oxygen atoms in total. The number of rotatable bonds is 21. The minimum Gasteiger partial charge on any atom is -0.459 e. The number of carbonyl (C=O) groups excluding carboxylic acids is 6. The Morgan fingerprint density at radius 3 is 1.09 bits per heavy atom. The number of aliphatic imine (C=N–C) groups is 1. The van der Waals surface area contributed by atoms with Gasteiger partial charge in [0.25, 0.3) is 0 Å².